The van der Waals surface area contributed by atoms with Gasteiger partial charge in [-0.15, -0.1) is 5.10 Å². The molecule has 0 amide bonds. The molecule has 2 heterocycles. The predicted octanol–water partition coefficient (Wildman–Crippen LogP) is 3.26. The first-order valence-electron chi connectivity index (χ1n) is 8.22. The summed E-state index contributed by atoms with van der Waals surface area (Å²) in [5, 5.41) is 13.2. The number of rotatable bonds is 7. The van der Waals surface area contributed by atoms with E-state index in [2.05, 4.69) is 43.4 Å². The highest BCUT2D eigenvalue weighted by Gasteiger charge is 2.13. The molecular weight excluding hydrogens is 404 g/mol. The van der Waals surface area contributed by atoms with E-state index >= 15 is 0 Å². The predicted molar refractivity (Wildman–Crippen MR) is 102 cm³/mol. The first kappa shape index (κ1) is 18.1. The Balaban J connectivity index is 1.90. The monoisotopic (exact) mass is 422 g/mol. The number of aromatic nitrogens is 6. The van der Waals surface area contributed by atoms with Crippen LogP contribution in [0.5, 0.6) is 0 Å². The molecule has 0 aliphatic rings. The molecule has 0 bridgehead atoms. The fraction of sp³-hybridized carbons (Fsp3) is 0.438. The first-order valence-corrected chi connectivity index (χ1v) is 9.99. The van der Waals surface area contributed by atoms with Crippen molar-refractivity contribution in [1.29, 1.82) is 0 Å². The second-order valence-electron chi connectivity index (χ2n) is 5.57. The lowest BCUT2D eigenvalue weighted by Crippen LogP contribution is -2.22. The van der Waals surface area contributed by atoms with Crippen molar-refractivity contribution >= 4 is 38.6 Å². The Morgan fingerprint density at radius 2 is 2.12 bits per heavy atom. The third-order valence-corrected chi connectivity index (χ3v) is 5.32. The smallest absolute Gasteiger partial charge is 0.262 e. The number of fused-ring (bicyclic) bond motifs is 1. The van der Waals surface area contributed by atoms with Crippen LogP contribution in [0.3, 0.4) is 0 Å². The summed E-state index contributed by atoms with van der Waals surface area (Å²) in [6, 6.07) is 5.57. The van der Waals surface area contributed by atoms with Crippen LogP contribution in [-0.2, 0) is 18.8 Å². The molecule has 0 atom stereocenters. The lowest BCUT2D eigenvalue weighted by molar-refractivity contribution is 0.540. The Labute approximate surface area is 158 Å². The topological polar surface area (TPSA) is 78.5 Å². The van der Waals surface area contributed by atoms with Crippen LogP contribution in [0, 0.1) is 0 Å². The Hall–Kier alpha value is -1.74. The second kappa shape index (κ2) is 8.09. The Morgan fingerprint density at radius 3 is 2.88 bits per heavy atom. The van der Waals surface area contributed by atoms with Crippen molar-refractivity contribution < 1.29 is 0 Å². The molecule has 3 aromatic rings. The van der Waals surface area contributed by atoms with Gasteiger partial charge < -0.3 is 0 Å². The fourth-order valence-electron chi connectivity index (χ4n) is 2.50. The zero-order valence-electron chi connectivity index (χ0n) is 14.1. The van der Waals surface area contributed by atoms with Crippen LogP contribution in [0.15, 0.2) is 32.6 Å². The molecule has 132 valence electrons. The third kappa shape index (κ3) is 3.92. The molecule has 0 aliphatic carbocycles. The first-order chi connectivity index (χ1) is 12.1. The summed E-state index contributed by atoms with van der Waals surface area (Å²) in [4.78, 5) is 17.4. The molecule has 1 aromatic carbocycles. The average molecular weight is 423 g/mol. The summed E-state index contributed by atoms with van der Waals surface area (Å²) in [7, 11) is 0. The summed E-state index contributed by atoms with van der Waals surface area (Å²) in [5.74, 6) is 1.37. The Bertz CT molecular complexity index is 938. The molecule has 0 saturated heterocycles. The number of aryl methyl sites for hydroxylation is 1. The van der Waals surface area contributed by atoms with E-state index in [1.165, 1.54) is 11.8 Å². The molecule has 3 rings (SSSR count). The molecule has 0 radical (unpaired) electrons. The highest BCUT2D eigenvalue weighted by molar-refractivity contribution is 9.10. The van der Waals surface area contributed by atoms with Gasteiger partial charge in [0.15, 0.2) is 11.0 Å². The number of unbranched alkanes of at least 4 members (excludes halogenated alkanes) is 1. The van der Waals surface area contributed by atoms with Crippen molar-refractivity contribution in [3.05, 3.63) is 38.9 Å². The standard InChI is InChI=1S/C16H19BrN6OS/c1-3-5-8-23-14(19-20-21-23)10-25-16-18-13-7-6-11(17)9-12(13)15(24)22(16)4-2/h6-7,9H,3-5,8,10H2,1-2H3. The lowest BCUT2D eigenvalue weighted by atomic mass is 10.2. The fourth-order valence-corrected chi connectivity index (χ4v) is 3.86. The molecule has 0 saturated carbocycles. The number of nitrogens with zero attached hydrogens (tertiary/aromatic N) is 6. The number of halogens is 1. The molecule has 25 heavy (non-hydrogen) atoms. The molecule has 0 unspecified atom stereocenters. The minimum absolute atomic E-state index is 0.0260. The van der Waals surface area contributed by atoms with E-state index in [9.17, 15) is 4.79 Å². The van der Waals surface area contributed by atoms with Crippen LogP contribution < -0.4 is 5.56 Å². The average Bonchev–Trinajstić information content (AvgIpc) is 3.06. The van der Waals surface area contributed by atoms with E-state index in [1.807, 2.05) is 29.8 Å². The maximum atomic E-state index is 12.7. The van der Waals surface area contributed by atoms with Crippen LogP contribution in [-0.4, -0.2) is 29.8 Å². The van der Waals surface area contributed by atoms with Gasteiger partial charge in [0.05, 0.1) is 16.7 Å². The van der Waals surface area contributed by atoms with E-state index in [-0.39, 0.29) is 5.56 Å². The molecule has 0 N–H and O–H groups in total. The minimum atomic E-state index is -0.0260. The summed E-state index contributed by atoms with van der Waals surface area (Å²) < 4.78 is 4.39. The molecule has 9 heteroatoms. The zero-order valence-corrected chi connectivity index (χ0v) is 16.5. The van der Waals surface area contributed by atoms with Gasteiger partial charge in [0, 0.05) is 17.6 Å². The molecule has 7 nitrogen and oxygen atoms in total. The summed E-state index contributed by atoms with van der Waals surface area (Å²) >= 11 is 4.90. The summed E-state index contributed by atoms with van der Waals surface area (Å²) in [5.41, 5.74) is 0.674. The number of hydrogen-bond acceptors (Lipinski definition) is 6. The van der Waals surface area contributed by atoms with Gasteiger partial charge in [-0.25, -0.2) is 9.67 Å². The van der Waals surface area contributed by atoms with E-state index < -0.39 is 0 Å². The van der Waals surface area contributed by atoms with Crippen LogP contribution in [0.25, 0.3) is 10.9 Å². The second-order valence-corrected chi connectivity index (χ2v) is 7.42. The maximum Gasteiger partial charge on any atom is 0.262 e. The van der Waals surface area contributed by atoms with Gasteiger partial charge in [-0.1, -0.05) is 41.0 Å². The normalized spacial score (nSPS) is 11.3. The van der Waals surface area contributed by atoms with Gasteiger partial charge in [-0.2, -0.15) is 0 Å². The SMILES string of the molecule is CCCCn1nnnc1CSc1nc2ccc(Br)cc2c(=O)n1CC. The largest absolute Gasteiger partial charge is 0.287 e. The number of benzene rings is 1. The Morgan fingerprint density at radius 1 is 1.28 bits per heavy atom. The van der Waals surface area contributed by atoms with Crippen LogP contribution in [0.1, 0.15) is 32.5 Å². The van der Waals surface area contributed by atoms with Crippen molar-refractivity contribution in [3.8, 4) is 0 Å². The Kier molecular flexibility index (Phi) is 5.85. The molecule has 0 aliphatic heterocycles. The van der Waals surface area contributed by atoms with Gasteiger partial charge in [-0.05, 0) is 42.0 Å². The van der Waals surface area contributed by atoms with Crippen LogP contribution in [0.4, 0.5) is 0 Å². The maximum absolute atomic E-state index is 12.7. The quantitative estimate of drug-likeness (QED) is 0.429. The van der Waals surface area contributed by atoms with Crippen molar-refractivity contribution in [1.82, 2.24) is 29.8 Å². The molecule has 0 fully saturated rings. The van der Waals surface area contributed by atoms with E-state index in [0.29, 0.717) is 28.4 Å². The number of thioether (sulfide) groups is 1. The van der Waals surface area contributed by atoms with E-state index in [1.54, 1.807) is 4.57 Å². The van der Waals surface area contributed by atoms with Crippen molar-refractivity contribution in [2.24, 2.45) is 0 Å². The third-order valence-electron chi connectivity index (χ3n) is 3.86. The van der Waals surface area contributed by atoms with Gasteiger partial charge in [0.25, 0.3) is 5.56 Å². The lowest BCUT2D eigenvalue weighted by Gasteiger charge is -2.11. The van der Waals surface area contributed by atoms with Crippen molar-refractivity contribution in [2.45, 2.75) is 50.7 Å². The van der Waals surface area contributed by atoms with Crippen LogP contribution in [0.2, 0.25) is 0 Å². The zero-order chi connectivity index (χ0) is 17.8. The molecule has 2 aromatic heterocycles. The van der Waals surface area contributed by atoms with Gasteiger partial charge in [0.2, 0.25) is 0 Å². The van der Waals surface area contributed by atoms with Crippen LogP contribution >= 0.6 is 27.7 Å². The summed E-state index contributed by atoms with van der Waals surface area (Å²) in [6.45, 7) is 5.45. The molecular formula is C16H19BrN6OS. The van der Waals surface area contributed by atoms with Gasteiger partial charge in [-0.3, -0.25) is 9.36 Å². The van der Waals surface area contributed by atoms with E-state index in [4.69, 9.17) is 0 Å². The summed E-state index contributed by atoms with van der Waals surface area (Å²) in [6.07, 6.45) is 2.12. The minimum Gasteiger partial charge on any atom is -0.287 e. The van der Waals surface area contributed by atoms with Gasteiger partial charge >= 0.3 is 0 Å². The number of tetrazole rings is 1. The van der Waals surface area contributed by atoms with Gasteiger partial charge in [0.1, 0.15) is 0 Å². The highest BCUT2D eigenvalue weighted by Crippen LogP contribution is 2.22. The van der Waals surface area contributed by atoms with Crippen molar-refractivity contribution in [3.63, 3.8) is 0 Å². The number of hydrogen-bond donors (Lipinski definition) is 0. The van der Waals surface area contributed by atoms with Crippen molar-refractivity contribution in [2.75, 3.05) is 0 Å². The highest BCUT2D eigenvalue weighted by atomic mass is 79.9. The van der Waals surface area contributed by atoms with E-state index in [0.717, 1.165) is 29.7 Å². The molecule has 0 spiro atoms.